The van der Waals surface area contributed by atoms with E-state index in [2.05, 4.69) is 10.2 Å². The van der Waals surface area contributed by atoms with Crippen LogP contribution in [0.5, 0.6) is 0 Å². The summed E-state index contributed by atoms with van der Waals surface area (Å²) in [5.41, 5.74) is 1.09. The fourth-order valence-corrected chi connectivity index (χ4v) is 3.20. The summed E-state index contributed by atoms with van der Waals surface area (Å²) in [6, 6.07) is 1.97. The van der Waals surface area contributed by atoms with Crippen molar-refractivity contribution in [2.45, 2.75) is 38.0 Å². The molecule has 3 heterocycles. The molecule has 2 aliphatic rings. The zero-order valence-corrected chi connectivity index (χ0v) is 12.3. The molecule has 2 fully saturated rings. The molecule has 6 heteroatoms. The van der Waals surface area contributed by atoms with E-state index in [0.717, 1.165) is 51.0 Å². The third kappa shape index (κ3) is 3.25. The van der Waals surface area contributed by atoms with Crippen LogP contribution in [0, 0.1) is 0 Å². The van der Waals surface area contributed by atoms with Crippen LogP contribution in [0.25, 0.3) is 0 Å². The zero-order chi connectivity index (χ0) is 14.7. The summed E-state index contributed by atoms with van der Waals surface area (Å²) < 4.78 is 0. The first-order valence-corrected chi connectivity index (χ1v) is 7.79. The lowest BCUT2D eigenvalue weighted by Crippen LogP contribution is -2.41. The van der Waals surface area contributed by atoms with Gasteiger partial charge in [0.2, 0.25) is 11.8 Å². The molecule has 0 bridgehead atoms. The first kappa shape index (κ1) is 14.1. The van der Waals surface area contributed by atoms with Crippen LogP contribution in [-0.4, -0.2) is 58.0 Å². The number of carbonyl (C=O) groups is 2. The number of nitrogens with one attached hydrogen (secondary N) is 1. The van der Waals surface area contributed by atoms with Gasteiger partial charge < -0.3 is 9.80 Å². The van der Waals surface area contributed by atoms with E-state index in [9.17, 15) is 9.59 Å². The highest BCUT2D eigenvalue weighted by molar-refractivity contribution is 5.85. The van der Waals surface area contributed by atoms with E-state index in [1.165, 1.54) is 0 Å². The zero-order valence-electron chi connectivity index (χ0n) is 12.3. The maximum Gasteiger partial charge on any atom is 0.242 e. The second kappa shape index (κ2) is 6.28. The highest BCUT2D eigenvalue weighted by atomic mass is 16.2. The van der Waals surface area contributed by atoms with Crippen LogP contribution < -0.4 is 0 Å². The molecule has 0 aromatic carbocycles. The number of H-pyrrole nitrogens is 1. The molecule has 21 heavy (non-hydrogen) atoms. The molecule has 0 aliphatic carbocycles. The second-order valence-electron chi connectivity index (χ2n) is 5.96. The molecular weight excluding hydrogens is 268 g/mol. The number of rotatable bonds is 3. The summed E-state index contributed by atoms with van der Waals surface area (Å²) in [6.45, 7) is 2.46. The Labute approximate surface area is 124 Å². The van der Waals surface area contributed by atoms with Crippen LogP contribution in [0.3, 0.4) is 0 Å². The second-order valence-corrected chi connectivity index (χ2v) is 5.96. The van der Waals surface area contributed by atoms with Gasteiger partial charge in [0.1, 0.15) is 0 Å². The number of carbonyl (C=O) groups excluding carboxylic acids is 2. The van der Waals surface area contributed by atoms with E-state index in [1.807, 2.05) is 11.0 Å². The van der Waals surface area contributed by atoms with Gasteiger partial charge in [0.25, 0.3) is 0 Å². The Morgan fingerprint density at radius 2 is 2.24 bits per heavy atom. The minimum atomic E-state index is 0.0762. The summed E-state index contributed by atoms with van der Waals surface area (Å²) in [6.07, 6.45) is 6.34. The minimum absolute atomic E-state index is 0.0762. The monoisotopic (exact) mass is 290 g/mol. The molecule has 1 aromatic heterocycles. The van der Waals surface area contributed by atoms with E-state index in [0.29, 0.717) is 12.3 Å². The van der Waals surface area contributed by atoms with Crippen LogP contribution >= 0.6 is 0 Å². The molecule has 0 saturated carbocycles. The predicted molar refractivity (Wildman–Crippen MR) is 77.6 cm³/mol. The van der Waals surface area contributed by atoms with Crippen molar-refractivity contribution < 1.29 is 9.59 Å². The third-order valence-corrected chi connectivity index (χ3v) is 4.50. The number of aromatic nitrogens is 2. The maximum absolute atomic E-state index is 12.4. The summed E-state index contributed by atoms with van der Waals surface area (Å²) in [5.74, 6) is 0.550. The van der Waals surface area contributed by atoms with Gasteiger partial charge in [-0.25, -0.2) is 0 Å². The molecule has 114 valence electrons. The molecule has 1 atom stereocenters. The van der Waals surface area contributed by atoms with Gasteiger partial charge in [-0.2, -0.15) is 5.10 Å². The molecule has 0 spiro atoms. The smallest absolute Gasteiger partial charge is 0.242 e. The molecular formula is C15H22N4O2. The number of likely N-dealkylation sites (tertiary alicyclic amines) is 2. The van der Waals surface area contributed by atoms with E-state index in [4.69, 9.17) is 0 Å². The van der Waals surface area contributed by atoms with Gasteiger partial charge in [-0.1, -0.05) is 6.42 Å². The Balaban J connectivity index is 1.55. The summed E-state index contributed by atoms with van der Waals surface area (Å²) >= 11 is 0. The van der Waals surface area contributed by atoms with Crippen LogP contribution in [0.1, 0.15) is 43.7 Å². The molecule has 1 N–H and O–H groups in total. The Morgan fingerprint density at radius 3 is 3.05 bits per heavy atom. The number of aromatic amines is 1. The van der Waals surface area contributed by atoms with E-state index < -0.39 is 0 Å². The van der Waals surface area contributed by atoms with Gasteiger partial charge in [-0.05, 0) is 25.3 Å². The van der Waals surface area contributed by atoms with Gasteiger partial charge in [0, 0.05) is 43.9 Å². The van der Waals surface area contributed by atoms with Gasteiger partial charge in [0.05, 0.1) is 6.54 Å². The van der Waals surface area contributed by atoms with E-state index in [-0.39, 0.29) is 18.4 Å². The van der Waals surface area contributed by atoms with Crippen LogP contribution in [0.15, 0.2) is 12.3 Å². The van der Waals surface area contributed by atoms with Crippen LogP contribution in [0.2, 0.25) is 0 Å². The first-order valence-electron chi connectivity index (χ1n) is 7.79. The molecule has 3 rings (SSSR count). The SMILES string of the molecule is O=C1CCCCCN1CC(=O)N1CC[C@H](c2ccn[nH]2)C1. The van der Waals surface area contributed by atoms with Crippen molar-refractivity contribution in [1.29, 1.82) is 0 Å². The maximum atomic E-state index is 12.4. The molecule has 2 amide bonds. The number of hydrogen-bond acceptors (Lipinski definition) is 3. The van der Waals surface area contributed by atoms with Crippen molar-refractivity contribution in [2.24, 2.45) is 0 Å². The van der Waals surface area contributed by atoms with Crippen molar-refractivity contribution in [3.05, 3.63) is 18.0 Å². The Bertz CT molecular complexity index is 500. The van der Waals surface area contributed by atoms with Crippen molar-refractivity contribution >= 4 is 11.8 Å². The van der Waals surface area contributed by atoms with Gasteiger partial charge in [0.15, 0.2) is 0 Å². The molecule has 2 aliphatic heterocycles. The molecule has 0 radical (unpaired) electrons. The average molecular weight is 290 g/mol. The summed E-state index contributed by atoms with van der Waals surface area (Å²) in [4.78, 5) is 28.0. The quantitative estimate of drug-likeness (QED) is 0.907. The Morgan fingerprint density at radius 1 is 1.33 bits per heavy atom. The molecule has 2 saturated heterocycles. The van der Waals surface area contributed by atoms with E-state index >= 15 is 0 Å². The Hall–Kier alpha value is -1.85. The van der Waals surface area contributed by atoms with Gasteiger partial charge in [-0.15, -0.1) is 0 Å². The fraction of sp³-hybridized carbons (Fsp3) is 0.667. The largest absolute Gasteiger partial charge is 0.340 e. The van der Waals surface area contributed by atoms with Crippen molar-refractivity contribution in [3.63, 3.8) is 0 Å². The molecule has 6 nitrogen and oxygen atoms in total. The fourth-order valence-electron chi connectivity index (χ4n) is 3.20. The number of nitrogens with zero attached hydrogens (tertiary/aromatic N) is 3. The summed E-state index contributed by atoms with van der Waals surface area (Å²) in [5, 5.41) is 6.95. The van der Waals surface area contributed by atoms with Gasteiger partial charge in [-0.3, -0.25) is 14.7 Å². The lowest BCUT2D eigenvalue weighted by molar-refractivity contribution is -0.139. The van der Waals surface area contributed by atoms with Crippen molar-refractivity contribution in [2.75, 3.05) is 26.2 Å². The topological polar surface area (TPSA) is 69.3 Å². The third-order valence-electron chi connectivity index (χ3n) is 4.50. The molecule has 0 unspecified atom stereocenters. The first-order chi connectivity index (χ1) is 10.2. The minimum Gasteiger partial charge on any atom is -0.340 e. The summed E-state index contributed by atoms with van der Waals surface area (Å²) in [7, 11) is 0. The van der Waals surface area contributed by atoms with Crippen LogP contribution in [0.4, 0.5) is 0 Å². The lowest BCUT2D eigenvalue weighted by atomic mass is 10.1. The van der Waals surface area contributed by atoms with Crippen molar-refractivity contribution in [1.82, 2.24) is 20.0 Å². The molecule has 1 aromatic rings. The Kier molecular flexibility index (Phi) is 4.22. The van der Waals surface area contributed by atoms with Crippen LogP contribution in [-0.2, 0) is 9.59 Å². The average Bonchev–Trinajstić information content (AvgIpc) is 3.12. The normalized spacial score (nSPS) is 23.4. The van der Waals surface area contributed by atoms with E-state index in [1.54, 1.807) is 11.1 Å². The predicted octanol–water partition coefficient (Wildman–Crippen LogP) is 1.13. The number of hydrogen-bond donors (Lipinski definition) is 1. The lowest BCUT2D eigenvalue weighted by Gasteiger charge is -2.23. The highest BCUT2D eigenvalue weighted by Crippen LogP contribution is 2.25. The standard InChI is InChI=1S/C15H22N4O2/c20-14-4-2-1-3-8-18(14)11-15(21)19-9-6-12(10-19)13-5-7-16-17-13/h5,7,12H,1-4,6,8-11H2,(H,16,17)/t12-/m0/s1. The van der Waals surface area contributed by atoms with Gasteiger partial charge >= 0.3 is 0 Å². The highest BCUT2D eigenvalue weighted by Gasteiger charge is 2.29. The number of amides is 2. The van der Waals surface area contributed by atoms with Crippen molar-refractivity contribution in [3.8, 4) is 0 Å².